The van der Waals surface area contributed by atoms with Gasteiger partial charge in [0, 0.05) is 19.1 Å². The van der Waals surface area contributed by atoms with Crippen LogP contribution >= 0.6 is 0 Å². The molecule has 0 spiro atoms. The second kappa shape index (κ2) is 9.03. The highest BCUT2D eigenvalue weighted by Crippen LogP contribution is 2.33. The van der Waals surface area contributed by atoms with Gasteiger partial charge in [-0.25, -0.2) is 13.8 Å². The average Bonchev–Trinajstić information content (AvgIpc) is 3.46. The van der Waals surface area contributed by atoms with Crippen LogP contribution in [0.1, 0.15) is 55.2 Å². The fraction of sp³-hybridized carbons (Fsp3) is 0.545. The van der Waals surface area contributed by atoms with Crippen molar-refractivity contribution in [2.45, 2.75) is 57.2 Å². The van der Waals surface area contributed by atoms with Crippen molar-refractivity contribution in [2.24, 2.45) is 0 Å². The molecule has 2 fully saturated rings. The lowest BCUT2D eigenvalue weighted by Gasteiger charge is -2.25. The largest absolute Gasteiger partial charge is 0.424 e. The first kappa shape index (κ1) is 21.1. The van der Waals surface area contributed by atoms with E-state index in [0.29, 0.717) is 48.3 Å². The fourth-order valence-corrected chi connectivity index (χ4v) is 4.68. The summed E-state index contributed by atoms with van der Waals surface area (Å²) in [6, 6.07) is 6.59. The molecule has 4 heterocycles. The van der Waals surface area contributed by atoms with Crippen LogP contribution in [0.3, 0.4) is 0 Å². The molecule has 0 bridgehead atoms. The number of para-hydroxylation sites is 1. The Morgan fingerprint density at radius 1 is 1.12 bits per heavy atom. The smallest absolute Gasteiger partial charge is 0.261 e. The van der Waals surface area contributed by atoms with E-state index in [1.807, 2.05) is 0 Å². The van der Waals surface area contributed by atoms with Gasteiger partial charge in [-0.1, -0.05) is 12.1 Å². The van der Waals surface area contributed by atoms with E-state index in [4.69, 9.17) is 9.15 Å². The summed E-state index contributed by atoms with van der Waals surface area (Å²) in [4.78, 5) is 19.7. The van der Waals surface area contributed by atoms with E-state index in [0.717, 1.165) is 36.8 Å². The van der Waals surface area contributed by atoms with Gasteiger partial charge >= 0.3 is 0 Å². The Labute approximate surface area is 183 Å². The number of likely N-dealkylation sites (tertiary alicyclic amines) is 1. The topological polar surface area (TPSA) is 86.3 Å². The highest BCUT2D eigenvalue weighted by Gasteiger charge is 2.32. The van der Waals surface area contributed by atoms with E-state index < -0.39 is 18.5 Å². The molecule has 1 aromatic carbocycles. The summed E-state index contributed by atoms with van der Waals surface area (Å²) in [5.41, 5.74) is 0.0850. The molecule has 2 aliphatic rings. The summed E-state index contributed by atoms with van der Waals surface area (Å²) in [6.07, 6.45) is 0.643. The molecule has 2 saturated heterocycles. The van der Waals surface area contributed by atoms with Crippen molar-refractivity contribution in [2.75, 3.05) is 19.8 Å². The Morgan fingerprint density at radius 2 is 1.94 bits per heavy atom. The highest BCUT2D eigenvalue weighted by atomic mass is 19.3. The first-order chi connectivity index (χ1) is 15.6. The van der Waals surface area contributed by atoms with Crippen LogP contribution in [0, 0.1) is 0 Å². The third-order valence-corrected chi connectivity index (χ3v) is 6.26. The Balaban J connectivity index is 1.44. The maximum absolute atomic E-state index is 13.3. The number of hydrogen-bond acceptors (Lipinski definition) is 7. The molecule has 2 aliphatic heterocycles. The molecule has 10 heteroatoms. The maximum Gasteiger partial charge on any atom is 0.261 e. The molecule has 170 valence electrons. The minimum absolute atomic E-state index is 0.206. The zero-order valence-electron chi connectivity index (χ0n) is 17.6. The lowest BCUT2D eigenvalue weighted by molar-refractivity contribution is 0.0787. The molecule has 32 heavy (non-hydrogen) atoms. The van der Waals surface area contributed by atoms with Gasteiger partial charge in [0.2, 0.25) is 11.8 Å². The van der Waals surface area contributed by atoms with Crippen molar-refractivity contribution in [3.8, 4) is 0 Å². The van der Waals surface area contributed by atoms with E-state index >= 15 is 0 Å². The lowest BCUT2D eigenvalue weighted by Crippen LogP contribution is -2.33. The number of benzene rings is 1. The number of halogens is 2. The van der Waals surface area contributed by atoms with Crippen LogP contribution in [0.15, 0.2) is 33.5 Å². The van der Waals surface area contributed by atoms with Crippen LogP contribution in [-0.4, -0.2) is 50.8 Å². The minimum atomic E-state index is -2.65. The number of aromatic nitrogens is 4. The molecule has 0 radical (unpaired) electrons. The first-order valence-electron chi connectivity index (χ1n) is 11.0. The molecule has 2 aromatic heterocycles. The van der Waals surface area contributed by atoms with E-state index in [1.165, 1.54) is 0 Å². The monoisotopic (exact) mass is 445 g/mol. The summed E-state index contributed by atoms with van der Waals surface area (Å²) in [6.45, 7) is 1.82. The zero-order valence-corrected chi connectivity index (χ0v) is 17.6. The molecule has 1 atom stereocenters. The highest BCUT2D eigenvalue weighted by molar-refractivity contribution is 5.77. The Hall–Kier alpha value is -2.72. The van der Waals surface area contributed by atoms with Crippen molar-refractivity contribution in [3.05, 3.63) is 52.2 Å². The number of alkyl halides is 2. The lowest BCUT2D eigenvalue weighted by atomic mass is 10.0. The van der Waals surface area contributed by atoms with Crippen LogP contribution in [-0.2, 0) is 17.8 Å². The Kier molecular flexibility index (Phi) is 5.97. The van der Waals surface area contributed by atoms with Crippen LogP contribution in [0.4, 0.5) is 8.78 Å². The van der Waals surface area contributed by atoms with Crippen LogP contribution < -0.4 is 5.56 Å². The van der Waals surface area contributed by atoms with Crippen LogP contribution in [0.25, 0.3) is 10.9 Å². The number of nitrogens with zero attached hydrogens (tertiary/aromatic N) is 5. The minimum Gasteiger partial charge on any atom is -0.424 e. The first-order valence-corrected chi connectivity index (χ1v) is 11.0. The van der Waals surface area contributed by atoms with Gasteiger partial charge in [-0.2, -0.15) is 0 Å². The number of ether oxygens (including phenoxy) is 1. The second-order valence-electron chi connectivity index (χ2n) is 8.34. The molecule has 3 aromatic rings. The van der Waals surface area contributed by atoms with Crippen molar-refractivity contribution < 1.29 is 17.9 Å². The predicted octanol–water partition coefficient (Wildman–Crippen LogP) is 3.28. The van der Waals surface area contributed by atoms with E-state index in [1.54, 1.807) is 24.3 Å². The van der Waals surface area contributed by atoms with Crippen molar-refractivity contribution in [3.63, 3.8) is 0 Å². The predicted molar refractivity (Wildman–Crippen MR) is 111 cm³/mol. The van der Waals surface area contributed by atoms with Gasteiger partial charge in [-0.05, 0) is 44.4 Å². The molecule has 1 unspecified atom stereocenters. The number of hydrogen-bond donors (Lipinski definition) is 0. The van der Waals surface area contributed by atoms with E-state index in [2.05, 4.69) is 20.1 Å². The van der Waals surface area contributed by atoms with Crippen molar-refractivity contribution in [1.82, 2.24) is 24.6 Å². The van der Waals surface area contributed by atoms with Crippen LogP contribution in [0.5, 0.6) is 0 Å². The average molecular weight is 445 g/mol. The molecule has 0 saturated carbocycles. The third-order valence-electron chi connectivity index (χ3n) is 6.26. The SMILES string of the molecule is O=c1c2ccccc2nc(C2CCCN2Cc2nnc(C3CCOCC3)o2)n1CC(F)F. The number of rotatable bonds is 6. The molecule has 8 nitrogen and oxygen atoms in total. The van der Waals surface area contributed by atoms with Gasteiger partial charge in [-0.3, -0.25) is 14.3 Å². The summed E-state index contributed by atoms with van der Waals surface area (Å²) in [7, 11) is 0. The molecular weight excluding hydrogens is 420 g/mol. The molecule has 5 rings (SSSR count). The molecule has 0 amide bonds. The van der Waals surface area contributed by atoms with Gasteiger partial charge in [0.25, 0.3) is 12.0 Å². The summed E-state index contributed by atoms with van der Waals surface area (Å²) < 4.78 is 39.2. The Bertz CT molecular complexity index is 1140. The van der Waals surface area contributed by atoms with Gasteiger partial charge in [0.05, 0.1) is 30.0 Å². The quantitative estimate of drug-likeness (QED) is 0.576. The van der Waals surface area contributed by atoms with Gasteiger partial charge in [0.1, 0.15) is 5.82 Å². The fourth-order valence-electron chi connectivity index (χ4n) is 4.68. The van der Waals surface area contributed by atoms with Gasteiger partial charge < -0.3 is 9.15 Å². The second-order valence-corrected chi connectivity index (χ2v) is 8.34. The van der Waals surface area contributed by atoms with Crippen molar-refractivity contribution in [1.29, 1.82) is 0 Å². The van der Waals surface area contributed by atoms with Gasteiger partial charge in [0.15, 0.2) is 0 Å². The molecule has 0 N–H and O–H groups in total. The summed E-state index contributed by atoms with van der Waals surface area (Å²) in [5.74, 6) is 1.69. The number of fused-ring (bicyclic) bond motifs is 1. The van der Waals surface area contributed by atoms with Crippen molar-refractivity contribution >= 4 is 10.9 Å². The summed E-state index contributed by atoms with van der Waals surface area (Å²) >= 11 is 0. The van der Waals surface area contributed by atoms with E-state index in [9.17, 15) is 13.6 Å². The Morgan fingerprint density at radius 3 is 2.75 bits per heavy atom. The van der Waals surface area contributed by atoms with Gasteiger partial charge in [-0.15, -0.1) is 10.2 Å². The van der Waals surface area contributed by atoms with E-state index in [-0.39, 0.29) is 12.0 Å². The zero-order chi connectivity index (χ0) is 22.1. The third kappa shape index (κ3) is 4.16. The standard InChI is InChI=1S/C22H25F2N5O3/c23-18(24)12-29-20(25-16-5-2-1-4-15(16)22(29)30)17-6-3-9-28(17)13-19-26-27-21(32-19)14-7-10-31-11-8-14/h1-2,4-5,14,17-18H,3,6-13H2. The normalized spacial score (nSPS) is 20.5. The van der Waals surface area contributed by atoms with Crippen LogP contribution in [0.2, 0.25) is 0 Å². The summed E-state index contributed by atoms with van der Waals surface area (Å²) in [5, 5.41) is 8.78. The maximum atomic E-state index is 13.3. The molecular formula is C22H25F2N5O3. The molecule has 0 aliphatic carbocycles.